The Kier molecular flexibility index (Phi) is 4.89. The van der Waals surface area contributed by atoms with E-state index >= 15 is 0 Å². The number of carbonyl (C=O) groups is 1. The third-order valence-electron chi connectivity index (χ3n) is 3.22. The van der Waals surface area contributed by atoms with Gasteiger partial charge >= 0.3 is 6.09 Å². The molecule has 1 atom stereocenters. The summed E-state index contributed by atoms with van der Waals surface area (Å²) in [6.45, 7) is 7.19. The first-order valence-electron chi connectivity index (χ1n) is 7.31. The molecule has 23 heavy (non-hydrogen) atoms. The van der Waals surface area contributed by atoms with Crippen molar-refractivity contribution < 1.29 is 13.9 Å². The highest BCUT2D eigenvalue weighted by Gasteiger charge is 2.33. The molecule has 0 spiro atoms. The number of aliphatic imine (C=N–C) groups is 1. The summed E-state index contributed by atoms with van der Waals surface area (Å²) in [5.41, 5.74) is 5.30. The van der Waals surface area contributed by atoms with E-state index in [-0.39, 0.29) is 5.82 Å². The maximum absolute atomic E-state index is 14.2. The van der Waals surface area contributed by atoms with Crippen molar-refractivity contribution in [3.63, 3.8) is 0 Å². The SMILES string of the molecule is CC(C)(C)OC(=O)NC1=N[C@](C)(c2cc(N)ccc2F)CSC1. The molecule has 2 rings (SSSR count). The second-order valence-electron chi connectivity index (χ2n) is 6.69. The van der Waals surface area contributed by atoms with Gasteiger partial charge in [0, 0.05) is 17.0 Å². The minimum absolute atomic E-state index is 0.357. The molecule has 5 nitrogen and oxygen atoms in total. The van der Waals surface area contributed by atoms with Crippen molar-refractivity contribution in [2.45, 2.75) is 38.8 Å². The van der Waals surface area contributed by atoms with E-state index in [1.807, 2.05) is 6.92 Å². The summed E-state index contributed by atoms with van der Waals surface area (Å²) in [6.07, 6.45) is -0.561. The van der Waals surface area contributed by atoms with E-state index in [4.69, 9.17) is 10.5 Å². The third kappa shape index (κ3) is 4.60. The fourth-order valence-electron chi connectivity index (χ4n) is 2.29. The van der Waals surface area contributed by atoms with Crippen LogP contribution >= 0.6 is 11.8 Å². The van der Waals surface area contributed by atoms with Crippen molar-refractivity contribution in [3.05, 3.63) is 29.6 Å². The van der Waals surface area contributed by atoms with Crippen LogP contribution in [0.3, 0.4) is 0 Å². The summed E-state index contributed by atoms with van der Waals surface area (Å²) >= 11 is 1.57. The van der Waals surface area contributed by atoms with Gasteiger partial charge in [0.2, 0.25) is 0 Å². The van der Waals surface area contributed by atoms with Crippen LogP contribution in [0.5, 0.6) is 0 Å². The van der Waals surface area contributed by atoms with E-state index < -0.39 is 17.2 Å². The Morgan fingerprint density at radius 2 is 2.17 bits per heavy atom. The summed E-state index contributed by atoms with van der Waals surface area (Å²) in [6, 6.07) is 4.45. The highest BCUT2D eigenvalue weighted by atomic mass is 32.2. The highest BCUT2D eigenvalue weighted by Crippen LogP contribution is 2.35. The lowest BCUT2D eigenvalue weighted by atomic mass is 9.93. The van der Waals surface area contributed by atoms with Gasteiger partial charge in [0.05, 0.1) is 11.3 Å². The first-order chi connectivity index (χ1) is 10.6. The quantitative estimate of drug-likeness (QED) is 0.770. The van der Waals surface area contributed by atoms with Crippen LogP contribution in [0.2, 0.25) is 0 Å². The molecule has 1 heterocycles. The van der Waals surface area contributed by atoms with Gasteiger partial charge in [0.15, 0.2) is 0 Å². The number of ether oxygens (including phenoxy) is 1. The monoisotopic (exact) mass is 339 g/mol. The second-order valence-corrected chi connectivity index (χ2v) is 7.68. The van der Waals surface area contributed by atoms with Crippen molar-refractivity contribution in [3.8, 4) is 0 Å². The number of halogens is 1. The first kappa shape index (κ1) is 17.6. The van der Waals surface area contributed by atoms with Crippen LogP contribution in [0.1, 0.15) is 33.3 Å². The third-order valence-corrected chi connectivity index (χ3v) is 4.46. The number of carbonyl (C=O) groups excluding carboxylic acids is 1. The van der Waals surface area contributed by atoms with Crippen LogP contribution in [0.4, 0.5) is 14.9 Å². The molecule has 7 heteroatoms. The number of nitrogens with zero attached hydrogens (tertiary/aromatic N) is 1. The fourth-order valence-corrected chi connectivity index (χ4v) is 3.34. The summed E-state index contributed by atoms with van der Waals surface area (Å²) in [4.78, 5) is 16.4. The van der Waals surface area contributed by atoms with Crippen molar-refractivity contribution in [2.24, 2.45) is 4.99 Å². The Morgan fingerprint density at radius 1 is 1.48 bits per heavy atom. The van der Waals surface area contributed by atoms with Gasteiger partial charge in [0.25, 0.3) is 0 Å². The van der Waals surface area contributed by atoms with Gasteiger partial charge in [-0.2, -0.15) is 11.8 Å². The number of nitrogens with two attached hydrogens (primary N) is 1. The smallest absolute Gasteiger partial charge is 0.413 e. The van der Waals surface area contributed by atoms with Gasteiger partial charge in [-0.05, 0) is 45.9 Å². The summed E-state index contributed by atoms with van der Waals surface area (Å²) in [5.74, 6) is 1.26. The van der Waals surface area contributed by atoms with Crippen molar-refractivity contribution in [2.75, 3.05) is 17.2 Å². The van der Waals surface area contributed by atoms with Crippen LogP contribution < -0.4 is 11.1 Å². The predicted octanol–water partition coefficient (Wildman–Crippen LogP) is 3.29. The Hall–Kier alpha value is -1.76. The van der Waals surface area contributed by atoms with Crippen molar-refractivity contribution >= 4 is 29.4 Å². The number of nitrogens with one attached hydrogen (secondary N) is 1. The molecule has 1 aromatic carbocycles. The molecular formula is C16H22FN3O2S. The lowest BCUT2D eigenvalue weighted by molar-refractivity contribution is 0.0562. The van der Waals surface area contributed by atoms with E-state index in [0.717, 1.165) is 0 Å². The number of rotatable bonds is 1. The largest absolute Gasteiger partial charge is 0.444 e. The van der Waals surface area contributed by atoms with Gasteiger partial charge in [-0.25, -0.2) is 9.18 Å². The lowest BCUT2D eigenvalue weighted by Crippen LogP contribution is -2.41. The zero-order valence-electron chi connectivity index (χ0n) is 13.8. The normalized spacial score (nSPS) is 21.5. The molecule has 0 bridgehead atoms. The molecule has 126 valence electrons. The summed E-state index contributed by atoms with van der Waals surface area (Å²) in [7, 11) is 0. The molecule has 1 aliphatic heterocycles. The van der Waals surface area contributed by atoms with Crippen LogP contribution in [0.15, 0.2) is 23.2 Å². The standard InChI is InChI=1S/C16H22FN3O2S/c1-15(2,3)22-14(21)19-13-8-23-9-16(4,20-13)11-7-10(18)5-6-12(11)17/h5-7H,8-9,18H2,1-4H3,(H,19,20,21)/t16-/m0/s1. The molecule has 0 aliphatic carbocycles. The number of thioether (sulfide) groups is 1. The van der Waals surface area contributed by atoms with Gasteiger partial charge in [-0.3, -0.25) is 10.3 Å². The van der Waals surface area contributed by atoms with Crippen LogP contribution in [-0.2, 0) is 10.3 Å². The number of anilines is 1. The van der Waals surface area contributed by atoms with E-state index in [1.165, 1.54) is 12.1 Å². The van der Waals surface area contributed by atoms with Crippen LogP contribution in [0, 0.1) is 5.82 Å². The average Bonchev–Trinajstić information content (AvgIpc) is 2.39. The number of nitrogen functional groups attached to an aromatic ring is 1. The number of hydrogen-bond donors (Lipinski definition) is 2. The molecule has 1 amide bonds. The Labute approximate surface area is 139 Å². The topological polar surface area (TPSA) is 76.7 Å². The number of amides is 1. The van der Waals surface area contributed by atoms with Gasteiger partial charge in [-0.15, -0.1) is 0 Å². The molecule has 0 aromatic heterocycles. The fraction of sp³-hybridized carbons (Fsp3) is 0.500. The molecule has 1 aromatic rings. The van der Waals surface area contributed by atoms with E-state index in [0.29, 0.717) is 28.6 Å². The molecule has 0 saturated heterocycles. The van der Waals surface area contributed by atoms with E-state index in [1.54, 1.807) is 38.6 Å². The predicted molar refractivity (Wildman–Crippen MR) is 92.3 cm³/mol. The Bertz CT molecular complexity index is 643. The molecule has 0 unspecified atom stereocenters. The zero-order chi connectivity index (χ0) is 17.3. The number of alkyl carbamates (subject to hydrolysis) is 1. The van der Waals surface area contributed by atoms with Gasteiger partial charge in [0.1, 0.15) is 17.3 Å². The summed E-state index contributed by atoms with van der Waals surface area (Å²) < 4.78 is 19.4. The van der Waals surface area contributed by atoms with Gasteiger partial charge < -0.3 is 10.5 Å². The van der Waals surface area contributed by atoms with E-state index in [9.17, 15) is 9.18 Å². The van der Waals surface area contributed by atoms with Gasteiger partial charge in [-0.1, -0.05) is 0 Å². The minimum Gasteiger partial charge on any atom is -0.444 e. The zero-order valence-corrected chi connectivity index (χ0v) is 14.6. The first-order valence-corrected chi connectivity index (χ1v) is 8.46. The maximum atomic E-state index is 14.2. The molecule has 0 radical (unpaired) electrons. The molecule has 1 aliphatic rings. The Balaban J connectivity index is 2.23. The number of benzene rings is 1. The molecule has 3 N–H and O–H groups in total. The van der Waals surface area contributed by atoms with Crippen molar-refractivity contribution in [1.82, 2.24) is 5.32 Å². The van der Waals surface area contributed by atoms with Crippen LogP contribution in [0.25, 0.3) is 0 Å². The molecule has 0 fully saturated rings. The average molecular weight is 339 g/mol. The second kappa shape index (κ2) is 6.39. The van der Waals surface area contributed by atoms with Crippen molar-refractivity contribution in [1.29, 1.82) is 0 Å². The summed E-state index contributed by atoms with van der Waals surface area (Å²) in [5, 5.41) is 2.65. The minimum atomic E-state index is -0.785. The Morgan fingerprint density at radius 3 is 2.83 bits per heavy atom. The molecule has 0 saturated carbocycles. The number of amidine groups is 1. The number of hydrogen-bond acceptors (Lipinski definition) is 5. The molecular weight excluding hydrogens is 317 g/mol. The van der Waals surface area contributed by atoms with Crippen LogP contribution in [-0.4, -0.2) is 29.0 Å². The lowest BCUT2D eigenvalue weighted by Gasteiger charge is -2.31. The van der Waals surface area contributed by atoms with E-state index in [2.05, 4.69) is 10.3 Å². The maximum Gasteiger partial charge on any atom is 0.413 e. The highest BCUT2D eigenvalue weighted by molar-refractivity contribution is 8.00.